The molecule has 1 N–H and O–H groups in total. The van der Waals surface area contributed by atoms with E-state index in [2.05, 4.69) is 52.6 Å². The molecule has 1 heterocycles. The summed E-state index contributed by atoms with van der Waals surface area (Å²) in [4.78, 5) is 0. The minimum Gasteiger partial charge on any atom is -0.403 e. The van der Waals surface area contributed by atoms with Crippen LogP contribution in [0.1, 0.15) is 72.6 Å². The quantitative estimate of drug-likeness (QED) is 0.467. The highest BCUT2D eigenvalue weighted by atomic mass is 28.4. The average Bonchev–Trinajstić information content (AvgIpc) is 3.24. The summed E-state index contributed by atoms with van der Waals surface area (Å²) in [6, 6.07) is 0. The molecule has 0 aromatic rings. The Bertz CT molecular complexity index is 690. The van der Waals surface area contributed by atoms with Crippen molar-refractivity contribution in [1.82, 2.24) is 0 Å². The predicted molar refractivity (Wildman–Crippen MR) is 126 cm³/mol. The van der Waals surface area contributed by atoms with Gasteiger partial charge < -0.3 is 19.0 Å². The maximum absolute atomic E-state index is 10.9. The van der Waals surface area contributed by atoms with E-state index in [1.54, 1.807) is 0 Å². The van der Waals surface area contributed by atoms with Gasteiger partial charge in [0.05, 0.1) is 25.2 Å². The number of rotatable bonds is 3. The van der Waals surface area contributed by atoms with Crippen LogP contribution in [0.4, 0.5) is 0 Å². The fourth-order valence-electron chi connectivity index (χ4n) is 6.31. The third-order valence-electron chi connectivity index (χ3n) is 9.23. The lowest BCUT2D eigenvalue weighted by Gasteiger charge is -2.61. The number of ether oxygens (including phenoxy) is 2. The number of hydrogen-bond donors (Lipinski definition) is 1. The first kappa shape index (κ1) is 23.8. The third-order valence-corrected chi connectivity index (χ3v) is 13.7. The summed E-state index contributed by atoms with van der Waals surface area (Å²) < 4.78 is 19.1. The van der Waals surface area contributed by atoms with Crippen molar-refractivity contribution in [2.24, 2.45) is 29.6 Å². The van der Waals surface area contributed by atoms with Gasteiger partial charge in [-0.2, -0.15) is 0 Å². The molecule has 1 aliphatic heterocycles. The van der Waals surface area contributed by atoms with Crippen molar-refractivity contribution >= 4 is 8.32 Å². The Morgan fingerprint density at radius 2 is 1.68 bits per heavy atom. The summed E-state index contributed by atoms with van der Waals surface area (Å²) in [5, 5.41) is 11.1. The molecule has 4 nitrogen and oxygen atoms in total. The van der Waals surface area contributed by atoms with Crippen molar-refractivity contribution in [2.75, 3.05) is 13.2 Å². The van der Waals surface area contributed by atoms with Crippen LogP contribution in [0, 0.1) is 41.4 Å². The Labute approximate surface area is 190 Å². The van der Waals surface area contributed by atoms with Crippen LogP contribution in [0.3, 0.4) is 0 Å². The molecule has 4 fully saturated rings. The van der Waals surface area contributed by atoms with E-state index in [4.69, 9.17) is 13.9 Å². The first-order valence-electron chi connectivity index (χ1n) is 12.7. The molecule has 0 aromatic heterocycles. The standard InChI is InChI=1S/C26H44O4Si/c1-18-24-20(22(27)14-13-21(24)26(18)28-16-17-29-26)12-15-23(19-10-8-7-9-11-19)30-31(5,6)25(2,3)4/h18-24,27H,7-11,13-14,16-17H2,1-6H3/t18?,20-,21-,22+,23+,24+/m1/s1. The van der Waals surface area contributed by atoms with E-state index in [1.807, 2.05) is 0 Å². The van der Waals surface area contributed by atoms with Gasteiger partial charge in [0.1, 0.15) is 6.10 Å². The lowest BCUT2D eigenvalue weighted by molar-refractivity contribution is -0.334. The molecule has 6 atom stereocenters. The van der Waals surface area contributed by atoms with Crippen LogP contribution >= 0.6 is 0 Å². The average molecular weight is 449 g/mol. The van der Waals surface area contributed by atoms with E-state index in [0.29, 0.717) is 31.0 Å². The lowest BCUT2D eigenvalue weighted by Crippen LogP contribution is -2.67. The highest BCUT2D eigenvalue weighted by Crippen LogP contribution is 2.61. The molecule has 0 radical (unpaired) electrons. The number of aliphatic hydroxyl groups excluding tert-OH is 1. The molecule has 3 aliphatic carbocycles. The largest absolute Gasteiger partial charge is 0.403 e. The Morgan fingerprint density at radius 3 is 2.29 bits per heavy atom. The Balaban J connectivity index is 1.56. The van der Waals surface area contributed by atoms with Gasteiger partial charge in [0.25, 0.3) is 0 Å². The predicted octanol–water partition coefficient (Wildman–Crippen LogP) is 5.36. The number of hydrogen-bond acceptors (Lipinski definition) is 4. The second-order valence-corrected chi connectivity index (χ2v) is 16.8. The van der Waals surface area contributed by atoms with Crippen LogP contribution < -0.4 is 0 Å². The van der Waals surface area contributed by atoms with Crippen LogP contribution in [0.25, 0.3) is 0 Å². The van der Waals surface area contributed by atoms with Crippen LogP contribution in [-0.2, 0) is 13.9 Å². The third kappa shape index (κ3) is 4.28. The van der Waals surface area contributed by atoms with Crippen LogP contribution in [-0.4, -0.2) is 44.6 Å². The van der Waals surface area contributed by atoms with Gasteiger partial charge in [0.15, 0.2) is 14.1 Å². The zero-order chi connectivity index (χ0) is 22.4. The van der Waals surface area contributed by atoms with Crippen LogP contribution in [0.2, 0.25) is 18.1 Å². The fraction of sp³-hybridized carbons (Fsp3) is 0.923. The molecule has 1 saturated heterocycles. The van der Waals surface area contributed by atoms with Crippen molar-refractivity contribution in [1.29, 1.82) is 0 Å². The molecular weight excluding hydrogens is 404 g/mol. The summed E-state index contributed by atoms with van der Waals surface area (Å²) >= 11 is 0. The summed E-state index contributed by atoms with van der Waals surface area (Å²) in [6.07, 6.45) is 7.75. The topological polar surface area (TPSA) is 47.9 Å². The summed E-state index contributed by atoms with van der Waals surface area (Å²) in [6.45, 7) is 15.2. The molecule has 0 amide bonds. The molecule has 4 rings (SSSR count). The number of fused-ring (bicyclic) bond motifs is 2. The molecule has 5 heteroatoms. The van der Waals surface area contributed by atoms with Crippen molar-refractivity contribution < 1.29 is 19.0 Å². The van der Waals surface area contributed by atoms with E-state index in [1.165, 1.54) is 32.1 Å². The van der Waals surface area contributed by atoms with Gasteiger partial charge in [-0.15, -0.1) is 0 Å². The zero-order valence-corrected chi connectivity index (χ0v) is 21.6. The normalized spacial score (nSPS) is 36.9. The van der Waals surface area contributed by atoms with E-state index in [-0.39, 0.29) is 29.1 Å². The highest BCUT2D eigenvalue weighted by molar-refractivity contribution is 6.74. The molecule has 3 saturated carbocycles. The van der Waals surface area contributed by atoms with Gasteiger partial charge in [-0.1, -0.05) is 58.8 Å². The molecule has 176 valence electrons. The van der Waals surface area contributed by atoms with Gasteiger partial charge in [0, 0.05) is 11.8 Å². The Kier molecular flexibility index (Phi) is 6.72. The lowest BCUT2D eigenvalue weighted by atomic mass is 9.50. The van der Waals surface area contributed by atoms with Gasteiger partial charge >= 0.3 is 0 Å². The minimum absolute atomic E-state index is 0.00119. The molecule has 0 bridgehead atoms. The highest BCUT2D eigenvalue weighted by Gasteiger charge is 2.67. The maximum Gasteiger partial charge on any atom is 0.193 e. The van der Waals surface area contributed by atoms with Crippen LogP contribution in [0.15, 0.2) is 0 Å². The first-order chi connectivity index (χ1) is 14.6. The Hall–Kier alpha value is -0.383. The molecule has 0 aromatic carbocycles. The molecule has 1 unspecified atom stereocenters. The van der Waals surface area contributed by atoms with Gasteiger partial charge in [-0.3, -0.25) is 0 Å². The van der Waals surface area contributed by atoms with Crippen molar-refractivity contribution in [3.63, 3.8) is 0 Å². The monoisotopic (exact) mass is 448 g/mol. The van der Waals surface area contributed by atoms with E-state index < -0.39 is 14.1 Å². The molecule has 31 heavy (non-hydrogen) atoms. The Morgan fingerprint density at radius 1 is 1.03 bits per heavy atom. The van der Waals surface area contributed by atoms with E-state index in [9.17, 15) is 5.11 Å². The van der Waals surface area contributed by atoms with Crippen molar-refractivity contribution in [2.45, 2.75) is 109 Å². The van der Waals surface area contributed by atoms with Gasteiger partial charge in [-0.25, -0.2) is 0 Å². The smallest absolute Gasteiger partial charge is 0.193 e. The summed E-state index contributed by atoms with van der Waals surface area (Å²) in [5.74, 6) is 8.34. The maximum atomic E-state index is 10.9. The fourth-order valence-corrected chi connectivity index (χ4v) is 7.55. The second-order valence-electron chi connectivity index (χ2n) is 12.0. The summed E-state index contributed by atoms with van der Waals surface area (Å²) in [5.41, 5.74) is 0. The second kappa shape index (κ2) is 8.76. The SMILES string of the molecule is CC1[C@H]2[C@H](C#C[C@H](O[Si](C)(C)C(C)(C)C)C3CCCCC3)[C@@H](O)CC[C@H]2C12OCCO2. The van der Waals surface area contributed by atoms with E-state index >= 15 is 0 Å². The van der Waals surface area contributed by atoms with Gasteiger partial charge in [-0.05, 0) is 55.7 Å². The minimum atomic E-state index is -1.92. The molecule has 4 aliphatic rings. The van der Waals surface area contributed by atoms with Gasteiger partial charge in [0.2, 0.25) is 0 Å². The van der Waals surface area contributed by atoms with Crippen molar-refractivity contribution in [3.8, 4) is 11.8 Å². The molecular formula is C26H44O4Si. The van der Waals surface area contributed by atoms with E-state index in [0.717, 1.165) is 12.8 Å². The summed E-state index contributed by atoms with van der Waals surface area (Å²) in [7, 11) is -1.92. The van der Waals surface area contributed by atoms with Crippen molar-refractivity contribution in [3.05, 3.63) is 0 Å². The first-order valence-corrected chi connectivity index (χ1v) is 15.6. The van der Waals surface area contributed by atoms with Crippen LogP contribution in [0.5, 0.6) is 0 Å². The number of aliphatic hydroxyl groups is 1. The molecule has 1 spiro atoms. The zero-order valence-electron chi connectivity index (χ0n) is 20.6.